The molecule has 0 bridgehead atoms. The summed E-state index contributed by atoms with van der Waals surface area (Å²) in [6.45, 7) is 4.18. The smallest absolute Gasteiger partial charge is 0.249 e. The van der Waals surface area contributed by atoms with Crippen molar-refractivity contribution in [2.75, 3.05) is 0 Å². The number of carbonyl (C=O) groups excluding carboxylic acids is 1. The molecule has 16 heavy (non-hydrogen) atoms. The fraction of sp³-hybridized carbons (Fsp3) is 0.364. The highest BCUT2D eigenvalue weighted by Crippen LogP contribution is 2.10. The number of benzene rings is 1. The first kappa shape index (κ1) is 15.3. The molecule has 2 nitrogen and oxygen atoms in total. The molecule has 0 amide bonds. The fourth-order valence-corrected chi connectivity index (χ4v) is 0.619. The molecule has 90 valence electrons. The molecule has 0 aromatic heterocycles. The lowest BCUT2D eigenvalue weighted by Crippen LogP contribution is -1.96. The van der Waals surface area contributed by atoms with E-state index in [-0.39, 0.29) is 10.1 Å². The molecule has 1 rings (SSSR count). The summed E-state index contributed by atoms with van der Waals surface area (Å²) in [5, 5.41) is 0. The lowest BCUT2D eigenvalue weighted by Gasteiger charge is -2.03. The number of hydrogen-bond donors (Lipinski definition) is 2. The van der Waals surface area contributed by atoms with Crippen LogP contribution in [0.1, 0.15) is 24.2 Å². The second-order valence-electron chi connectivity index (χ2n) is 3.39. The van der Waals surface area contributed by atoms with Crippen molar-refractivity contribution < 1.29 is 14.3 Å². The van der Waals surface area contributed by atoms with E-state index < -0.39 is 5.97 Å². The fourth-order valence-electron chi connectivity index (χ4n) is 0.619. The van der Waals surface area contributed by atoms with Gasteiger partial charge in [0.25, 0.3) is 0 Å². The molecule has 0 aliphatic rings. The number of rotatable bonds is 2. The molecule has 0 N–H and O–H groups in total. The molecular weight excluding hydrogens is 247 g/mol. The van der Waals surface area contributed by atoms with Crippen LogP contribution in [0.3, 0.4) is 0 Å². The zero-order valence-corrected chi connectivity index (χ0v) is 10.9. The van der Waals surface area contributed by atoms with Crippen LogP contribution in [0, 0.1) is 5.92 Å². The van der Waals surface area contributed by atoms with Crippen molar-refractivity contribution in [3.05, 3.63) is 35.9 Å². The van der Waals surface area contributed by atoms with E-state index in [0.29, 0.717) is 5.92 Å². The van der Waals surface area contributed by atoms with E-state index in [9.17, 15) is 9.32 Å². The highest BCUT2D eigenvalue weighted by molar-refractivity contribution is 7.99. The van der Waals surface area contributed by atoms with Gasteiger partial charge in [0.2, 0.25) is 0 Å². The molecule has 0 atom stereocenters. The Balaban J connectivity index is 0.000000325. The first-order valence-electron chi connectivity index (χ1n) is 4.73. The van der Waals surface area contributed by atoms with Crippen LogP contribution < -0.4 is 0 Å². The van der Waals surface area contributed by atoms with Crippen molar-refractivity contribution in [2.24, 2.45) is 5.92 Å². The minimum atomic E-state index is -0.958. The Hall–Kier alpha value is -0.680. The molecule has 5 heteroatoms. The number of hydrogen-bond acceptors (Lipinski definition) is 4. The van der Waals surface area contributed by atoms with Crippen LogP contribution in [0.25, 0.3) is 0 Å². The number of thiol groups is 2. The van der Waals surface area contributed by atoms with Gasteiger partial charge in [-0.1, -0.05) is 32.0 Å². The molecule has 0 saturated heterocycles. The van der Waals surface area contributed by atoms with Crippen LogP contribution >= 0.6 is 25.3 Å². The van der Waals surface area contributed by atoms with Crippen LogP contribution in [0.5, 0.6) is 0 Å². The van der Waals surface area contributed by atoms with Crippen molar-refractivity contribution in [1.82, 2.24) is 0 Å². The van der Waals surface area contributed by atoms with E-state index in [1.54, 1.807) is 18.2 Å². The predicted molar refractivity (Wildman–Crippen MR) is 69.6 cm³/mol. The molecule has 0 spiro atoms. The summed E-state index contributed by atoms with van der Waals surface area (Å²) < 4.78 is 11.5. The zero-order chi connectivity index (χ0) is 12.6. The maximum absolute atomic E-state index is 11.2. The van der Waals surface area contributed by atoms with Crippen LogP contribution in [0.15, 0.2) is 30.3 Å². The summed E-state index contributed by atoms with van der Waals surface area (Å²) in [5.41, 5.74) is 0.213. The maximum atomic E-state index is 11.2. The number of halogens is 1. The summed E-state index contributed by atoms with van der Waals surface area (Å²) in [6.07, 6.45) is 0. The third-order valence-electron chi connectivity index (χ3n) is 1.68. The van der Waals surface area contributed by atoms with Crippen LogP contribution in [-0.4, -0.2) is 10.6 Å². The zero-order valence-electron chi connectivity index (χ0n) is 9.13. The maximum Gasteiger partial charge on any atom is 0.379 e. The molecule has 1 aromatic carbocycles. The van der Waals surface area contributed by atoms with Gasteiger partial charge in [-0.05, 0) is 18.1 Å². The summed E-state index contributed by atoms with van der Waals surface area (Å²) in [7, 11) is 0. The van der Waals surface area contributed by atoms with Gasteiger partial charge >= 0.3 is 5.97 Å². The van der Waals surface area contributed by atoms with E-state index in [1.807, 2.05) is 0 Å². The summed E-state index contributed by atoms with van der Waals surface area (Å²) in [5.74, 6) is -0.378. The van der Waals surface area contributed by atoms with Crippen LogP contribution in [0.4, 0.5) is 4.53 Å². The minimum Gasteiger partial charge on any atom is -0.249 e. The monoisotopic (exact) mass is 262 g/mol. The van der Waals surface area contributed by atoms with Crippen LogP contribution in [0.2, 0.25) is 0 Å². The first-order chi connectivity index (χ1) is 7.49. The molecule has 0 aliphatic heterocycles. The third kappa shape index (κ3) is 6.74. The molecule has 0 radical (unpaired) electrons. The van der Waals surface area contributed by atoms with Gasteiger partial charge in [0, 0.05) is 9.11 Å². The molecule has 0 heterocycles. The summed E-state index contributed by atoms with van der Waals surface area (Å²) in [4.78, 5) is 13.4. The molecule has 0 saturated carbocycles. The highest BCUT2D eigenvalue weighted by Gasteiger charge is 2.04. The van der Waals surface area contributed by atoms with Gasteiger partial charge in [-0.25, -0.2) is 9.74 Å². The van der Waals surface area contributed by atoms with Gasteiger partial charge in [-0.2, -0.15) is 25.3 Å². The Morgan fingerprint density at radius 3 is 2.00 bits per heavy atom. The van der Waals surface area contributed by atoms with Gasteiger partial charge in [-0.15, -0.1) is 0 Å². The van der Waals surface area contributed by atoms with E-state index in [4.69, 9.17) is 0 Å². The van der Waals surface area contributed by atoms with Gasteiger partial charge in [0.05, 0.1) is 5.56 Å². The van der Waals surface area contributed by atoms with Crippen molar-refractivity contribution in [3.8, 4) is 0 Å². The average molecular weight is 262 g/mol. The largest absolute Gasteiger partial charge is 0.379 e. The third-order valence-corrected chi connectivity index (χ3v) is 2.87. The molecule has 0 fully saturated rings. The Morgan fingerprint density at radius 2 is 1.69 bits per heavy atom. The van der Waals surface area contributed by atoms with E-state index in [0.717, 1.165) is 0 Å². The lowest BCUT2D eigenvalue weighted by molar-refractivity contribution is -0.0788. The molecule has 0 unspecified atom stereocenters. The Bertz CT molecular complexity index is 296. The van der Waals surface area contributed by atoms with Gasteiger partial charge in [0.15, 0.2) is 0 Å². The summed E-state index contributed by atoms with van der Waals surface area (Å²) >= 11 is 8.11. The average Bonchev–Trinajstić information content (AvgIpc) is 2.30. The Kier molecular flexibility index (Phi) is 8.11. The minimum absolute atomic E-state index is 0.213. The summed E-state index contributed by atoms with van der Waals surface area (Å²) in [6, 6.07) is 7.94. The van der Waals surface area contributed by atoms with E-state index in [1.165, 1.54) is 12.1 Å². The predicted octanol–water partition coefficient (Wildman–Crippen LogP) is 3.56. The van der Waals surface area contributed by atoms with Crippen molar-refractivity contribution in [2.45, 2.75) is 18.4 Å². The van der Waals surface area contributed by atoms with Crippen molar-refractivity contribution in [1.29, 1.82) is 0 Å². The van der Waals surface area contributed by atoms with Gasteiger partial charge in [0.1, 0.15) is 0 Å². The topological polar surface area (TPSA) is 26.3 Å². The van der Waals surface area contributed by atoms with Gasteiger partial charge in [-0.3, -0.25) is 0 Å². The van der Waals surface area contributed by atoms with E-state index in [2.05, 4.69) is 44.0 Å². The standard InChI is InChI=1S/C7H5FO2.C4H10S2/c8-10-7(9)6-4-2-1-3-5-6;1-3(2)4(5)6/h1-5H;3-6H,1-2H3. The lowest BCUT2D eigenvalue weighted by atomic mass is 10.2. The molecular formula is C11H15FO2S2. The van der Waals surface area contributed by atoms with E-state index >= 15 is 0 Å². The second-order valence-corrected chi connectivity index (χ2v) is 4.91. The van der Waals surface area contributed by atoms with Crippen molar-refractivity contribution in [3.63, 3.8) is 0 Å². The van der Waals surface area contributed by atoms with Gasteiger partial charge < -0.3 is 0 Å². The normalized spacial score (nSPS) is 9.69. The second kappa shape index (κ2) is 8.47. The quantitative estimate of drug-likeness (QED) is 0.629. The van der Waals surface area contributed by atoms with Crippen molar-refractivity contribution >= 4 is 31.2 Å². The Morgan fingerprint density at radius 1 is 1.25 bits per heavy atom. The highest BCUT2D eigenvalue weighted by atomic mass is 32.2. The molecule has 0 aliphatic carbocycles. The first-order valence-corrected chi connectivity index (χ1v) is 5.76. The Labute approximate surface area is 106 Å². The molecule has 1 aromatic rings. The SMILES string of the molecule is CC(C)C(S)S.O=C(OF)c1ccccc1. The van der Waals surface area contributed by atoms with Crippen LogP contribution in [-0.2, 0) is 4.94 Å². The number of carbonyl (C=O) groups is 1.